The van der Waals surface area contributed by atoms with Gasteiger partial charge < -0.3 is 15.4 Å². The summed E-state index contributed by atoms with van der Waals surface area (Å²) in [6.07, 6.45) is -4.77. The van der Waals surface area contributed by atoms with Crippen LogP contribution in [-0.4, -0.2) is 36.3 Å². The third-order valence-corrected chi connectivity index (χ3v) is 3.27. The van der Waals surface area contributed by atoms with E-state index in [1.165, 1.54) is 12.1 Å². The van der Waals surface area contributed by atoms with Gasteiger partial charge in [-0.2, -0.15) is 0 Å². The summed E-state index contributed by atoms with van der Waals surface area (Å²) in [5, 5.41) is 0. The number of nitrogens with zero attached hydrogens (tertiary/aromatic N) is 1. The summed E-state index contributed by atoms with van der Waals surface area (Å²) in [5.74, 6) is -0.564. The Morgan fingerprint density at radius 1 is 1.40 bits per heavy atom. The molecule has 0 aliphatic carbocycles. The highest BCUT2D eigenvalue weighted by Gasteiger charge is 2.32. The van der Waals surface area contributed by atoms with Crippen LogP contribution >= 0.6 is 0 Å². The molecule has 7 heteroatoms. The topological polar surface area (TPSA) is 55.6 Å². The largest absolute Gasteiger partial charge is 0.573 e. The van der Waals surface area contributed by atoms with Gasteiger partial charge in [0.05, 0.1) is 0 Å². The molecule has 1 aliphatic heterocycles. The third kappa shape index (κ3) is 3.41. The van der Waals surface area contributed by atoms with E-state index < -0.39 is 12.1 Å². The summed E-state index contributed by atoms with van der Waals surface area (Å²) < 4.78 is 40.2. The van der Waals surface area contributed by atoms with Crippen LogP contribution in [0.15, 0.2) is 24.3 Å². The van der Waals surface area contributed by atoms with Crippen LogP contribution in [0.2, 0.25) is 0 Å². The highest BCUT2D eigenvalue weighted by atomic mass is 19.4. The Hall–Kier alpha value is -1.76. The van der Waals surface area contributed by atoms with Crippen LogP contribution < -0.4 is 10.5 Å². The van der Waals surface area contributed by atoms with Crippen molar-refractivity contribution in [2.45, 2.75) is 19.3 Å². The summed E-state index contributed by atoms with van der Waals surface area (Å²) >= 11 is 0. The number of halogens is 3. The van der Waals surface area contributed by atoms with Crippen LogP contribution in [0.4, 0.5) is 13.2 Å². The van der Waals surface area contributed by atoms with Crippen molar-refractivity contribution in [3.05, 3.63) is 29.8 Å². The molecule has 1 aliphatic rings. The SMILES string of the molecule is CC1CN(C(=O)c2cccc(OC(F)(F)F)c2)CC1N. The lowest BCUT2D eigenvalue weighted by Gasteiger charge is -2.16. The van der Waals surface area contributed by atoms with E-state index in [4.69, 9.17) is 5.73 Å². The Labute approximate surface area is 114 Å². The van der Waals surface area contributed by atoms with Crippen molar-refractivity contribution >= 4 is 5.91 Å². The first-order valence-corrected chi connectivity index (χ1v) is 6.17. The van der Waals surface area contributed by atoms with Crippen LogP contribution in [0.1, 0.15) is 17.3 Å². The number of carbonyl (C=O) groups excluding carboxylic acids is 1. The number of amides is 1. The molecule has 1 aromatic rings. The Morgan fingerprint density at radius 2 is 2.10 bits per heavy atom. The van der Waals surface area contributed by atoms with Gasteiger partial charge in [-0.15, -0.1) is 13.2 Å². The van der Waals surface area contributed by atoms with Crippen molar-refractivity contribution in [2.75, 3.05) is 13.1 Å². The number of rotatable bonds is 2. The molecule has 1 saturated heterocycles. The van der Waals surface area contributed by atoms with Gasteiger partial charge in [-0.05, 0) is 24.1 Å². The number of carbonyl (C=O) groups is 1. The van der Waals surface area contributed by atoms with E-state index in [0.717, 1.165) is 12.1 Å². The van der Waals surface area contributed by atoms with E-state index in [-0.39, 0.29) is 23.4 Å². The van der Waals surface area contributed by atoms with E-state index in [1.54, 1.807) is 4.90 Å². The van der Waals surface area contributed by atoms with Gasteiger partial charge in [0, 0.05) is 24.7 Å². The van der Waals surface area contributed by atoms with Crippen molar-refractivity contribution in [2.24, 2.45) is 11.7 Å². The van der Waals surface area contributed by atoms with E-state index in [2.05, 4.69) is 4.74 Å². The normalized spacial score (nSPS) is 22.9. The fourth-order valence-electron chi connectivity index (χ4n) is 2.17. The first-order chi connectivity index (χ1) is 9.26. The van der Waals surface area contributed by atoms with Crippen LogP contribution in [0.3, 0.4) is 0 Å². The van der Waals surface area contributed by atoms with E-state index in [1.807, 2.05) is 6.92 Å². The van der Waals surface area contributed by atoms with Gasteiger partial charge in [0.15, 0.2) is 0 Å². The van der Waals surface area contributed by atoms with Crippen LogP contribution in [0.5, 0.6) is 5.75 Å². The molecule has 1 fully saturated rings. The molecule has 2 N–H and O–H groups in total. The molecule has 0 radical (unpaired) electrons. The fourth-order valence-corrected chi connectivity index (χ4v) is 2.17. The van der Waals surface area contributed by atoms with Gasteiger partial charge in [-0.25, -0.2) is 0 Å². The predicted octanol–water partition coefficient (Wildman–Crippen LogP) is 2.00. The highest BCUT2D eigenvalue weighted by Crippen LogP contribution is 2.24. The average Bonchev–Trinajstić information content (AvgIpc) is 2.67. The van der Waals surface area contributed by atoms with Gasteiger partial charge in [0.2, 0.25) is 0 Å². The Kier molecular flexibility index (Phi) is 3.89. The second-order valence-electron chi connectivity index (χ2n) is 4.93. The number of hydrogen-bond donors (Lipinski definition) is 1. The zero-order valence-corrected chi connectivity index (χ0v) is 10.9. The number of hydrogen-bond acceptors (Lipinski definition) is 3. The minimum atomic E-state index is -4.77. The summed E-state index contributed by atoms with van der Waals surface area (Å²) in [6, 6.07) is 4.95. The number of ether oxygens (including phenoxy) is 1. The number of alkyl halides is 3. The van der Waals surface area contributed by atoms with Crippen molar-refractivity contribution in [1.29, 1.82) is 0 Å². The van der Waals surface area contributed by atoms with Crippen LogP contribution in [-0.2, 0) is 0 Å². The summed E-state index contributed by atoms with van der Waals surface area (Å²) in [5.41, 5.74) is 5.99. The molecule has 0 aromatic heterocycles. The van der Waals surface area contributed by atoms with E-state index in [9.17, 15) is 18.0 Å². The van der Waals surface area contributed by atoms with Crippen molar-refractivity contribution in [3.63, 3.8) is 0 Å². The molecule has 2 rings (SSSR count). The summed E-state index contributed by atoms with van der Waals surface area (Å²) in [4.78, 5) is 13.7. The lowest BCUT2D eigenvalue weighted by Crippen LogP contribution is -2.32. The zero-order chi connectivity index (χ0) is 14.9. The molecular weight excluding hydrogens is 273 g/mol. The molecule has 4 nitrogen and oxygen atoms in total. The number of benzene rings is 1. The first-order valence-electron chi connectivity index (χ1n) is 6.17. The molecule has 0 spiro atoms. The van der Waals surface area contributed by atoms with Gasteiger partial charge in [-0.3, -0.25) is 4.79 Å². The second-order valence-corrected chi connectivity index (χ2v) is 4.93. The van der Waals surface area contributed by atoms with Crippen molar-refractivity contribution in [3.8, 4) is 5.75 Å². The molecule has 110 valence electrons. The average molecular weight is 288 g/mol. The lowest BCUT2D eigenvalue weighted by molar-refractivity contribution is -0.274. The Balaban J connectivity index is 2.13. The molecule has 2 unspecified atom stereocenters. The molecule has 2 atom stereocenters. The van der Waals surface area contributed by atoms with E-state index >= 15 is 0 Å². The molecule has 1 amide bonds. The van der Waals surface area contributed by atoms with Crippen LogP contribution in [0.25, 0.3) is 0 Å². The lowest BCUT2D eigenvalue weighted by atomic mass is 10.1. The molecule has 20 heavy (non-hydrogen) atoms. The molecule has 0 bridgehead atoms. The standard InChI is InChI=1S/C13H15F3N2O2/c1-8-6-18(7-11(8)17)12(19)9-3-2-4-10(5-9)20-13(14,15)16/h2-5,8,11H,6-7,17H2,1H3. The maximum Gasteiger partial charge on any atom is 0.573 e. The summed E-state index contributed by atoms with van der Waals surface area (Å²) in [6.45, 7) is 2.84. The molecule has 1 aromatic carbocycles. The maximum atomic E-state index is 12.2. The first kappa shape index (κ1) is 14.6. The number of likely N-dealkylation sites (tertiary alicyclic amines) is 1. The monoisotopic (exact) mass is 288 g/mol. The van der Waals surface area contributed by atoms with Crippen LogP contribution in [0, 0.1) is 5.92 Å². The Bertz CT molecular complexity index is 495. The smallest absolute Gasteiger partial charge is 0.406 e. The predicted molar refractivity (Wildman–Crippen MR) is 66.2 cm³/mol. The second kappa shape index (κ2) is 5.32. The summed E-state index contributed by atoms with van der Waals surface area (Å²) in [7, 11) is 0. The molecular formula is C13H15F3N2O2. The fraction of sp³-hybridized carbons (Fsp3) is 0.462. The zero-order valence-electron chi connectivity index (χ0n) is 10.9. The van der Waals surface area contributed by atoms with E-state index in [0.29, 0.717) is 13.1 Å². The minimum Gasteiger partial charge on any atom is -0.406 e. The highest BCUT2D eigenvalue weighted by molar-refractivity contribution is 5.94. The molecule has 1 heterocycles. The van der Waals surface area contributed by atoms with Gasteiger partial charge in [-0.1, -0.05) is 13.0 Å². The van der Waals surface area contributed by atoms with Gasteiger partial charge in [0.1, 0.15) is 5.75 Å². The maximum absolute atomic E-state index is 12.2. The minimum absolute atomic E-state index is 0.103. The van der Waals surface area contributed by atoms with Crippen molar-refractivity contribution < 1.29 is 22.7 Å². The molecule has 0 saturated carbocycles. The Morgan fingerprint density at radius 3 is 2.65 bits per heavy atom. The third-order valence-electron chi connectivity index (χ3n) is 3.27. The number of nitrogens with two attached hydrogens (primary N) is 1. The van der Waals surface area contributed by atoms with Gasteiger partial charge in [0.25, 0.3) is 5.91 Å². The van der Waals surface area contributed by atoms with Gasteiger partial charge >= 0.3 is 6.36 Å². The quantitative estimate of drug-likeness (QED) is 0.905. The van der Waals surface area contributed by atoms with Crippen molar-refractivity contribution in [1.82, 2.24) is 4.90 Å².